The molecule has 0 atom stereocenters. The summed E-state index contributed by atoms with van der Waals surface area (Å²) in [5, 5.41) is 4.53. The molecule has 0 spiro atoms. The van der Waals surface area contributed by atoms with Crippen LogP contribution in [0.5, 0.6) is 0 Å². The fraction of sp³-hybridized carbons (Fsp3) is 0.238. The van der Waals surface area contributed by atoms with Gasteiger partial charge < -0.3 is 4.90 Å². The molecule has 9 heteroatoms. The number of aromatic nitrogens is 3. The predicted molar refractivity (Wildman–Crippen MR) is 110 cm³/mol. The van der Waals surface area contributed by atoms with Gasteiger partial charge in [0.15, 0.2) is 0 Å². The third-order valence-electron chi connectivity index (χ3n) is 4.96. The molecule has 1 saturated heterocycles. The lowest BCUT2D eigenvalue weighted by molar-refractivity contribution is 0.0781. The molecule has 154 valence electrons. The number of likely N-dealkylation sites (tertiary alicyclic amines) is 1. The van der Waals surface area contributed by atoms with E-state index >= 15 is 0 Å². The molecule has 7 nitrogen and oxygen atoms in total. The van der Waals surface area contributed by atoms with Crippen LogP contribution in [0.25, 0.3) is 5.69 Å². The van der Waals surface area contributed by atoms with Crippen LogP contribution in [0.1, 0.15) is 28.9 Å². The smallest absolute Gasteiger partial charge is 0.337 e. The number of carbonyl (C=O) groups is 1. The van der Waals surface area contributed by atoms with E-state index < -0.39 is 23.0 Å². The number of halogens is 2. The molecule has 30 heavy (non-hydrogen) atoms. The lowest BCUT2D eigenvalue weighted by Crippen LogP contribution is -2.46. The standard InChI is InChI=1S/C21H18ClFN4O3/c22-15-5-3-4-14(12-15)13-26-20(29)18(19(28)25-10-1-2-11-25)24-27(21(26)30)17-8-6-16(23)7-9-17/h3-9,12H,1-2,10-11,13H2. The van der Waals surface area contributed by atoms with Gasteiger partial charge in [-0.15, -0.1) is 0 Å². The Bertz CT molecular complexity index is 1210. The fourth-order valence-electron chi connectivity index (χ4n) is 3.43. The largest absolute Gasteiger partial charge is 0.352 e. The van der Waals surface area contributed by atoms with Crippen LogP contribution < -0.4 is 11.2 Å². The van der Waals surface area contributed by atoms with Crippen molar-refractivity contribution in [1.29, 1.82) is 0 Å². The second kappa shape index (κ2) is 8.23. The van der Waals surface area contributed by atoms with Crippen LogP contribution in [0.4, 0.5) is 4.39 Å². The van der Waals surface area contributed by atoms with E-state index in [1.165, 1.54) is 24.3 Å². The number of hydrogen-bond donors (Lipinski definition) is 0. The van der Waals surface area contributed by atoms with Gasteiger partial charge in [-0.3, -0.25) is 14.2 Å². The summed E-state index contributed by atoms with van der Waals surface area (Å²) in [6.07, 6.45) is 1.69. The third kappa shape index (κ3) is 3.91. The number of amides is 1. The summed E-state index contributed by atoms with van der Waals surface area (Å²) in [6, 6.07) is 11.8. The lowest BCUT2D eigenvalue weighted by Gasteiger charge is -2.16. The second-order valence-corrected chi connectivity index (χ2v) is 7.48. The molecule has 0 unspecified atom stereocenters. The zero-order valence-corrected chi connectivity index (χ0v) is 16.7. The molecule has 0 N–H and O–H groups in total. The van der Waals surface area contributed by atoms with E-state index in [9.17, 15) is 18.8 Å². The molecular weight excluding hydrogens is 411 g/mol. The highest BCUT2D eigenvalue weighted by atomic mass is 35.5. The Hall–Kier alpha value is -3.26. The molecule has 0 aliphatic carbocycles. The van der Waals surface area contributed by atoms with E-state index in [1.54, 1.807) is 29.2 Å². The van der Waals surface area contributed by atoms with Gasteiger partial charge in [-0.1, -0.05) is 23.7 Å². The highest BCUT2D eigenvalue weighted by Gasteiger charge is 2.26. The molecule has 2 heterocycles. The zero-order chi connectivity index (χ0) is 21.3. The van der Waals surface area contributed by atoms with Gasteiger partial charge >= 0.3 is 5.69 Å². The quantitative estimate of drug-likeness (QED) is 0.639. The Morgan fingerprint density at radius 1 is 1.07 bits per heavy atom. The van der Waals surface area contributed by atoms with E-state index in [4.69, 9.17) is 11.6 Å². The van der Waals surface area contributed by atoms with E-state index in [0.29, 0.717) is 23.7 Å². The maximum atomic E-state index is 13.3. The van der Waals surface area contributed by atoms with Crippen molar-refractivity contribution in [2.75, 3.05) is 13.1 Å². The van der Waals surface area contributed by atoms with Crippen molar-refractivity contribution in [3.63, 3.8) is 0 Å². The van der Waals surface area contributed by atoms with Crippen LogP contribution in [-0.2, 0) is 6.54 Å². The van der Waals surface area contributed by atoms with Gasteiger partial charge in [0.2, 0.25) is 5.69 Å². The van der Waals surface area contributed by atoms with Crippen LogP contribution in [0.2, 0.25) is 5.02 Å². The number of rotatable bonds is 4. The molecule has 2 aromatic carbocycles. The Balaban J connectivity index is 1.88. The van der Waals surface area contributed by atoms with Crippen LogP contribution >= 0.6 is 11.6 Å². The second-order valence-electron chi connectivity index (χ2n) is 7.04. The van der Waals surface area contributed by atoms with Gasteiger partial charge in [0, 0.05) is 18.1 Å². The van der Waals surface area contributed by atoms with Crippen molar-refractivity contribution in [2.24, 2.45) is 0 Å². The molecule has 1 aromatic heterocycles. The number of carbonyl (C=O) groups excluding carboxylic acids is 1. The SMILES string of the molecule is O=C(c1nn(-c2ccc(F)cc2)c(=O)n(Cc2cccc(Cl)c2)c1=O)N1CCCC1. The Labute approximate surface area is 175 Å². The molecule has 0 radical (unpaired) electrons. The van der Waals surface area contributed by atoms with Crippen LogP contribution in [0.3, 0.4) is 0 Å². The minimum Gasteiger partial charge on any atom is -0.337 e. The van der Waals surface area contributed by atoms with E-state index in [-0.39, 0.29) is 17.9 Å². The first-order valence-electron chi connectivity index (χ1n) is 9.48. The summed E-state index contributed by atoms with van der Waals surface area (Å²) in [6.45, 7) is 0.982. The van der Waals surface area contributed by atoms with Gasteiger partial charge in [-0.25, -0.2) is 9.18 Å². The highest BCUT2D eigenvalue weighted by Crippen LogP contribution is 2.13. The molecule has 1 fully saturated rings. The molecule has 0 bridgehead atoms. The zero-order valence-electron chi connectivity index (χ0n) is 15.9. The normalized spacial score (nSPS) is 13.6. The summed E-state index contributed by atoms with van der Waals surface area (Å²) < 4.78 is 15.3. The van der Waals surface area contributed by atoms with E-state index in [0.717, 1.165) is 22.1 Å². The van der Waals surface area contributed by atoms with Gasteiger partial charge in [0.05, 0.1) is 12.2 Å². The first-order valence-corrected chi connectivity index (χ1v) is 9.85. The molecule has 1 aliphatic rings. The van der Waals surface area contributed by atoms with Gasteiger partial charge in [0.1, 0.15) is 5.82 Å². The first-order chi connectivity index (χ1) is 14.4. The van der Waals surface area contributed by atoms with Crippen molar-refractivity contribution < 1.29 is 9.18 Å². The summed E-state index contributed by atoms with van der Waals surface area (Å²) in [5.74, 6) is -0.999. The minimum absolute atomic E-state index is 0.0811. The topological polar surface area (TPSA) is 77.2 Å². The summed E-state index contributed by atoms with van der Waals surface area (Å²) in [4.78, 5) is 40.6. The van der Waals surface area contributed by atoms with Gasteiger partial charge in [-0.05, 0) is 54.8 Å². The van der Waals surface area contributed by atoms with E-state index in [1.807, 2.05) is 0 Å². The molecule has 1 aliphatic heterocycles. The maximum absolute atomic E-state index is 13.3. The third-order valence-corrected chi connectivity index (χ3v) is 5.19. The fourth-order valence-corrected chi connectivity index (χ4v) is 3.64. The van der Waals surface area contributed by atoms with Gasteiger partial charge in [0.25, 0.3) is 11.5 Å². The maximum Gasteiger partial charge on any atom is 0.352 e. The van der Waals surface area contributed by atoms with Crippen molar-refractivity contribution in [1.82, 2.24) is 19.2 Å². The molecular formula is C21H18ClFN4O3. The van der Waals surface area contributed by atoms with Crippen molar-refractivity contribution in [3.05, 3.63) is 91.5 Å². The monoisotopic (exact) mass is 428 g/mol. The number of benzene rings is 2. The first kappa shape index (κ1) is 20.0. The summed E-state index contributed by atoms with van der Waals surface area (Å²) in [7, 11) is 0. The van der Waals surface area contributed by atoms with Gasteiger partial charge in [-0.2, -0.15) is 9.78 Å². The molecule has 3 aromatic rings. The number of hydrogen-bond acceptors (Lipinski definition) is 4. The lowest BCUT2D eigenvalue weighted by atomic mass is 10.2. The van der Waals surface area contributed by atoms with Crippen LogP contribution in [-0.4, -0.2) is 38.2 Å². The minimum atomic E-state index is -0.768. The van der Waals surface area contributed by atoms with Crippen LogP contribution in [0.15, 0.2) is 58.1 Å². The molecule has 1 amide bonds. The molecule has 4 rings (SSSR count). The molecule has 0 saturated carbocycles. The summed E-state index contributed by atoms with van der Waals surface area (Å²) in [5.41, 5.74) is -0.975. The highest BCUT2D eigenvalue weighted by molar-refractivity contribution is 6.30. The Morgan fingerprint density at radius 3 is 2.43 bits per heavy atom. The van der Waals surface area contributed by atoms with Crippen molar-refractivity contribution >= 4 is 17.5 Å². The average Bonchev–Trinajstić information content (AvgIpc) is 3.27. The Kier molecular flexibility index (Phi) is 5.50. The summed E-state index contributed by atoms with van der Waals surface area (Å²) >= 11 is 6.02. The average molecular weight is 429 g/mol. The van der Waals surface area contributed by atoms with E-state index in [2.05, 4.69) is 5.10 Å². The van der Waals surface area contributed by atoms with Crippen molar-refractivity contribution in [3.8, 4) is 5.69 Å². The Morgan fingerprint density at radius 2 is 1.77 bits per heavy atom. The van der Waals surface area contributed by atoms with Crippen molar-refractivity contribution in [2.45, 2.75) is 19.4 Å². The number of nitrogens with zero attached hydrogens (tertiary/aromatic N) is 4. The van der Waals surface area contributed by atoms with Crippen LogP contribution in [0, 0.1) is 5.82 Å². The predicted octanol–water partition coefficient (Wildman–Crippen LogP) is 2.47.